The van der Waals surface area contributed by atoms with Crippen molar-refractivity contribution in [2.24, 2.45) is 0 Å². The summed E-state index contributed by atoms with van der Waals surface area (Å²) in [4.78, 5) is 15.1. The summed E-state index contributed by atoms with van der Waals surface area (Å²) in [5.74, 6) is 0.0875. The summed E-state index contributed by atoms with van der Waals surface area (Å²) >= 11 is 0. The topological polar surface area (TPSA) is 91.8 Å². The van der Waals surface area contributed by atoms with Crippen LogP contribution in [0.2, 0.25) is 0 Å². The summed E-state index contributed by atoms with van der Waals surface area (Å²) in [7, 11) is 2.86. The first-order valence-electron chi connectivity index (χ1n) is 9.00. The molecule has 1 aromatic heterocycles. The summed E-state index contributed by atoms with van der Waals surface area (Å²) in [6, 6.07) is 10.4. The lowest BCUT2D eigenvalue weighted by Gasteiger charge is -2.22. The van der Waals surface area contributed by atoms with Gasteiger partial charge in [0.05, 0.1) is 25.5 Å². The number of H-pyrrole nitrogens is 1. The quantitative estimate of drug-likeness (QED) is 0.603. The number of esters is 1. The highest BCUT2D eigenvalue weighted by Gasteiger charge is 2.26. The van der Waals surface area contributed by atoms with E-state index >= 15 is 0 Å². The molecule has 1 aliphatic rings. The van der Waals surface area contributed by atoms with Crippen LogP contribution in [0.1, 0.15) is 39.7 Å². The van der Waals surface area contributed by atoms with Gasteiger partial charge in [0.1, 0.15) is 6.10 Å². The van der Waals surface area contributed by atoms with Crippen LogP contribution in [0.5, 0.6) is 11.5 Å². The molecule has 3 aromatic rings. The van der Waals surface area contributed by atoms with E-state index in [9.17, 15) is 15.0 Å². The first kappa shape index (κ1) is 18.1. The Morgan fingerprint density at radius 3 is 2.75 bits per heavy atom. The fraction of sp³-hybridized carbons (Fsp3) is 0.227. The minimum Gasteiger partial charge on any atom is -0.504 e. The number of nitrogens with one attached hydrogen (secondary N) is 1. The van der Waals surface area contributed by atoms with Gasteiger partial charge in [0.2, 0.25) is 0 Å². The van der Waals surface area contributed by atoms with Gasteiger partial charge >= 0.3 is 5.97 Å². The Morgan fingerprint density at radius 2 is 2.00 bits per heavy atom. The molecule has 0 fully saturated rings. The Bertz CT molecular complexity index is 1100. The van der Waals surface area contributed by atoms with E-state index in [4.69, 9.17) is 9.47 Å². The number of phenols is 1. The van der Waals surface area contributed by atoms with Gasteiger partial charge in [-0.05, 0) is 59.9 Å². The summed E-state index contributed by atoms with van der Waals surface area (Å²) in [5, 5.41) is 21.6. The predicted octanol–water partition coefficient (Wildman–Crippen LogP) is 3.73. The molecule has 6 heteroatoms. The number of fused-ring (bicyclic) bond motifs is 3. The van der Waals surface area contributed by atoms with Crippen LogP contribution >= 0.6 is 0 Å². The van der Waals surface area contributed by atoms with Crippen molar-refractivity contribution >= 4 is 22.9 Å². The molecule has 144 valence electrons. The van der Waals surface area contributed by atoms with Crippen molar-refractivity contribution in [3.8, 4) is 11.5 Å². The van der Waals surface area contributed by atoms with Crippen molar-refractivity contribution in [2.45, 2.75) is 18.9 Å². The number of rotatable bonds is 3. The second-order valence-electron chi connectivity index (χ2n) is 6.82. The highest BCUT2D eigenvalue weighted by atomic mass is 16.5. The number of benzene rings is 2. The largest absolute Gasteiger partial charge is 0.504 e. The third-order valence-corrected chi connectivity index (χ3v) is 5.20. The van der Waals surface area contributed by atoms with Crippen LogP contribution in [-0.2, 0) is 11.2 Å². The van der Waals surface area contributed by atoms with E-state index in [2.05, 4.69) is 4.98 Å². The van der Waals surface area contributed by atoms with E-state index in [1.54, 1.807) is 24.3 Å². The van der Waals surface area contributed by atoms with E-state index in [0.29, 0.717) is 17.7 Å². The molecule has 0 radical (unpaired) electrons. The number of aryl methyl sites for hydroxylation is 1. The Balaban J connectivity index is 1.72. The maximum Gasteiger partial charge on any atom is 0.337 e. The Kier molecular flexibility index (Phi) is 4.57. The summed E-state index contributed by atoms with van der Waals surface area (Å²) < 4.78 is 9.95. The molecule has 1 heterocycles. The number of carbonyl (C=O) groups excluding carboxylic acids is 1. The van der Waals surface area contributed by atoms with Crippen LogP contribution in [0.3, 0.4) is 0 Å². The van der Waals surface area contributed by atoms with Crippen molar-refractivity contribution in [3.05, 3.63) is 64.4 Å². The Hall–Kier alpha value is -3.25. The van der Waals surface area contributed by atoms with Gasteiger partial charge in [0.25, 0.3) is 0 Å². The van der Waals surface area contributed by atoms with Crippen LogP contribution in [0, 0.1) is 0 Å². The molecular weight excluding hydrogens is 358 g/mol. The number of methoxy groups -OCH3 is 2. The van der Waals surface area contributed by atoms with Crippen molar-refractivity contribution in [1.29, 1.82) is 0 Å². The standard InChI is InChI=1S/C22H21NO5/c1-27-19-10-12(3-8-18(19)24)9-13-4-6-15-16-11-14(22(26)28-2)5-7-17(16)23-20(15)21(13)25/h3,5,7-11,21,23-25H,4,6H2,1-2H3/b13-9+. The Morgan fingerprint density at radius 1 is 1.18 bits per heavy atom. The molecule has 2 aromatic carbocycles. The zero-order valence-corrected chi connectivity index (χ0v) is 15.7. The maximum atomic E-state index is 11.8. The van der Waals surface area contributed by atoms with Gasteiger partial charge in [0.15, 0.2) is 11.5 Å². The maximum absolute atomic E-state index is 11.8. The second-order valence-corrected chi connectivity index (χ2v) is 6.82. The third kappa shape index (κ3) is 3.01. The first-order chi connectivity index (χ1) is 13.5. The number of aromatic hydroxyl groups is 1. The van der Waals surface area contributed by atoms with Crippen LogP contribution in [0.4, 0.5) is 0 Å². The van der Waals surface area contributed by atoms with E-state index in [1.807, 2.05) is 18.2 Å². The highest BCUT2D eigenvalue weighted by molar-refractivity contribution is 5.96. The van der Waals surface area contributed by atoms with Crippen LogP contribution in [0.15, 0.2) is 42.0 Å². The number of aliphatic hydroxyl groups excluding tert-OH is 1. The van der Waals surface area contributed by atoms with Gasteiger partial charge in [-0.25, -0.2) is 4.79 Å². The molecule has 1 aliphatic carbocycles. The summed E-state index contributed by atoms with van der Waals surface area (Å²) in [5.41, 5.74) is 4.86. The molecule has 0 aliphatic heterocycles. The number of aromatic nitrogens is 1. The van der Waals surface area contributed by atoms with E-state index in [1.165, 1.54) is 14.2 Å². The first-order valence-corrected chi connectivity index (χ1v) is 9.00. The smallest absolute Gasteiger partial charge is 0.337 e. The van der Waals surface area contributed by atoms with Crippen molar-refractivity contribution < 1.29 is 24.5 Å². The number of ether oxygens (including phenoxy) is 2. The second kappa shape index (κ2) is 7.05. The van der Waals surface area contributed by atoms with Crippen LogP contribution in [-0.4, -0.2) is 35.4 Å². The van der Waals surface area contributed by atoms with Gasteiger partial charge in [0, 0.05) is 10.9 Å². The van der Waals surface area contributed by atoms with Gasteiger partial charge in [-0.3, -0.25) is 0 Å². The van der Waals surface area contributed by atoms with Crippen molar-refractivity contribution in [1.82, 2.24) is 4.98 Å². The number of phenolic OH excluding ortho intramolecular Hbond substituents is 1. The average molecular weight is 379 g/mol. The molecule has 28 heavy (non-hydrogen) atoms. The zero-order valence-electron chi connectivity index (χ0n) is 15.7. The minimum atomic E-state index is -0.766. The molecule has 0 saturated heterocycles. The van der Waals surface area contributed by atoms with Crippen molar-refractivity contribution in [2.75, 3.05) is 14.2 Å². The fourth-order valence-corrected chi connectivity index (χ4v) is 3.76. The molecule has 6 nitrogen and oxygen atoms in total. The number of hydrogen-bond acceptors (Lipinski definition) is 5. The predicted molar refractivity (Wildman–Crippen MR) is 106 cm³/mol. The fourth-order valence-electron chi connectivity index (χ4n) is 3.76. The molecule has 0 bridgehead atoms. The number of carbonyl (C=O) groups is 1. The van der Waals surface area contributed by atoms with Gasteiger partial charge in [-0.2, -0.15) is 0 Å². The Labute approximate surface area is 162 Å². The van der Waals surface area contributed by atoms with Gasteiger partial charge < -0.3 is 24.7 Å². The van der Waals surface area contributed by atoms with E-state index in [-0.39, 0.29) is 11.7 Å². The number of hydrogen-bond donors (Lipinski definition) is 3. The SMILES string of the molecule is COC(=O)c1ccc2[nH]c3c(c2c1)CC/C(=C\c1ccc(O)c(OC)c1)C3O. The lowest BCUT2D eigenvalue weighted by Crippen LogP contribution is -2.11. The van der Waals surface area contributed by atoms with Gasteiger partial charge in [-0.1, -0.05) is 12.1 Å². The zero-order chi connectivity index (χ0) is 19.8. The molecule has 0 saturated carbocycles. The number of aliphatic hydroxyl groups is 1. The third-order valence-electron chi connectivity index (χ3n) is 5.20. The monoisotopic (exact) mass is 379 g/mol. The molecule has 1 atom stereocenters. The molecule has 3 N–H and O–H groups in total. The lowest BCUT2D eigenvalue weighted by molar-refractivity contribution is 0.0601. The molecule has 0 spiro atoms. The number of aromatic amines is 1. The summed E-state index contributed by atoms with van der Waals surface area (Å²) in [6.45, 7) is 0. The average Bonchev–Trinajstić information content (AvgIpc) is 3.09. The van der Waals surface area contributed by atoms with Crippen molar-refractivity contribution in [3.63, 3.8) is 0 Å². The van der Waals surface area contributed by atoms with E-state index in [0.717, 1.165) is 39.7 Å². The minimum absolute atomic E-state index is 0.0770. The normalized spacial score (nSPS) is 17.5. The molecule has 1 unspecified atom stereocenters. The molecule has 0 amide bonds. The lowest BCUT2D eigenvalue weighted by atomic mass is 9.88. The molecular formula is C22H21NO5. The highest BCUT2D eigenvalue weighted by Crippen LogP contribution is 2.39. The van der Waals surface area contributed by atoms with Gasteiger partial charge in [-0.15, -0.1) is 0 Å². The summed E-state index contributed by atoms with van der Waals surface area (Å²) in [6.07, 6.45) is 2.59. The van der Waals surface area contributed by atoms with Crippen LogP contribution in [0.25, 0.3) is 17.0 Å². The molecule has 4 rings (SSSR count). The van der Waals surface area contributed by atoms with Crippen LogP contribution < -0.4 is 4.74 Å². The van der Waals surface area contributed by atoms with E-state index < -0.39 is 6.10 Å².